The lowest BCUT2D eigenvalue weighted by Crippen LogP contribution is -2.30. The third-order valence-corrected chi connectivity index (χ3v) is 4.66. The topological polar surface area (TPSA) is 117 Å². The molecule has 4 aromatic rings. The lowest BCUT2D eigenvalue weighted by molar-refractivity contribution is 0.102. The largest absolute Gasteiger partial charge is 0.456 e. The molecule has 1 amide bonds. The van der Waals surface area contributed by atoms with E-state index in [0.29, 0.717) is 17.3 Å². The van der Waals surface area contributed by atoms with E-state index < -0.39 is 17.3 Å². The summed E-state index contributed by atoms with van der Waals surface area (Å²) in [5, 5.41) is 6.39. The van der Waals surface area contributed by atoms with Crippen LogP contribution in [0.1, 0.15) is 16.2 Å². The van der Waals surface area contributed by atoms with Crippen LogP contribution >= 0.6 is 0 Å². The van der Waals surface area contributed by atoms with Crippen LogP contribution in [0.15, 0.2) is 54.0 Å². The number of hydrogen-bond acceptors (Lipinski definition) is 7. The van der Waals surface area contributed by atoms with Crippen LogP contribution in [0.2, 0.25) is 0 Å². The molecule has 1 N–H and O–H groups in total. The number of amides is 1. The second kappa shape index (κ2) is 8.38. The maximum atomic E-state index is 14.5. The number of aryl methyl sites for hydroxylation is 2. The maximum absolute atomic E-state index is 14.5. The van der Waals surface area contributed by atoms with E-state index in [1.165, 1.54) is 17.8 Å². The minimum atomic E-state index is -0.825. The van der Waals surface area contributed by atoms with Gasteiger partial charge in [0.05, 0.1) is 18.1 Å². The molecule has 162 valence electrons. The quantitative estimate of drug-likeness (QED) is 0.512. The zero-order chi connectivity index (χ0) is 22.8. The summed E-state index contributed by atoms with van der Waals surface area (Å²) in [6, 6.07) is 4.39. The molecule has 0 atom stereocenters. The Morgan fingerprint density at radius 1 is 1.09 bits per heavy atom. The van der Waals surface area contributed by atoms with Crippen LogP contribution in [-0.2, 0) is 14.1 Å². The van der Waals surface area contributed by atoms with Gasteiger partial charge in [-0.05, 0) is 13.0 Å². The van der Waals surface area contributed by atoms with Crippen LogP contribution in [0.5, 0.6) is 11.5 Å². The van der Waals surface area contributed by atoms with E-state index in [9.17, 15) is 14.0 Å². The predicted octanol–water partition coefficient (Wildman–Crippen LogP) is 2.46. The molecule has 0 unspecified atom stereocenters. The Morgan fingerprint density at radius 3 is 2.62 bits per heavy atom. The highest BCUT2D eigenvalue weighted by molar-refractivity contribution is 6.03. The van der Waals surface area contributed by atoms with Crippen molar-refractivity contribution in [3.05, 3.63) is 76.7 Å². The molecular weight excluding hydrogens is 417 g/mol. The molecule has 0 spiro atoms. The second-order valence-corrected chi connectivity index (χ2v) is 6.92. The molecule has 0 aromatic carbocycles. The highest BCUT2D eigenvalue weighted by Crippen LogP contribution is 2.26. The first-order valence-corrected chi connectivity index (χ1v) is 9.44. The predicted molar refractivity (Wildman–Crippen MR) is 113 cm³/mol. The van der Waals surface area contributed by atoms with Crippen molar-refractivity contribution >= 4 is 11.7 Å². The third kappa shape index (κ3) is 4.21. The molecule has 0 aliphatic rings. The number of nitrogens with one attached hydrogen (secondary N) is 1. The van der Waals surface area contributed by atoms with Crippen molar-refractivity contribution in [2.75, 3.05) is 5.32 Å². The van der Waals surface area contributed by atoms with Gasteiger partial charge in [0.1, 0.15) is 22.9 Å². The van der Waals surface area contributed by atoms with E-state index in [1.807, 2.05) is 6.20 Å². The summed E-state index contributed by atoms with van der Waals surface area (Å²) in [6.45, 7) is 1.63. The van der Waals surface area contributed by atoms with Crippen molar-refractivity contribution in [2.24, 2.45) is 14.1 Å². The van der Waals surface area contributed by atoms with E-state index in [1.54, 1.807) is 43.2 Å². The van der Waals surface area contributed by atoms with Crippen molar-refractivity contribution in [3.8, 4) is 22.8 Å². The van der Waals surface area contributed by atoms with Crippen molar-refractivity contribution in [3.63, 3.8) is 0 Å². The van der Waals surface area contributed by atoms with Crippen LogP contribution in [-0.4, -0.2) is 35.2 Å². The molecule has 0 saturated heterocycles. The number of hydrogen-bond donors (Lipinski definition) is 1. The minimum Gasteiger partial charge on any atom is -0.456 e. The van der Waals surface area contributed by atoms with Gasteiger partial charge in [-0.1, -0.05) is 0 Å². The molecule has 0 radical (unpaired) electrons. The number of rotatable bonds is 5. The standard InChI is InChI=1S/C21H18FN7O3/c1-12-24-10-16(21(31)29(12)3)20(30)27-19-17(22)6-15(9-25-19)32-14-4-5-23-18(7-14)13-8-26-28(2)11-13/h4-11H,1-3H3,(H,25,27,30). The molecule has 32 heavy (non-hydrogen) atoms. The molecule has 11 heteroatoms. The number of pyridine rings is 2. The maximum Gasteiger partial charge on any atom is 0.266 e. The van der Waals surface area contributed by atoms with E-state index in [-0.39, 0.29) is 17.1 Å². The number of halogens is 1. The third-order valence-electron chi connectivity index (χ3n) is 4.66. The highest BCUT2D eigenvalue weighted by atomic mass is 19.1. The van der Waals surface area contributed by atoms with Gasteiger partial charge in [-0.2, -0.15) is 5.10 Å². The molecule has 0 aliphatic carbocycles. The van der Waals surface area contributed by atoms with Gasteiger partial charge >= 0.3 is 0 Å². The lowest BCUT2D eigenvalue weighted by atomic mass is 10.2. The van der Waals surface area contributed by atoms with Gasteiger partial charge in [0.25, 0.3) is 11.5 Å². The van der Waals surface area contributed by atoms with Gasteiger partial charge in [0, 0.05) is 50.4 Å². The molecular formula is C21H18FN7O3. The second-order valence-electron chi connectivity index (χ2n) is 6.92. The Morgan fingerprint density at radius 2 is 1.91 bits per heavy atom. The van der Waals surface area contributed by atoms with Gasteiger partial charge in [0.2, 0.25) is 0 Å². The first-order chi connectivity index (χ1) is 15.3. The summed E-state index contributed by atoms with van der Waals surface area (Å²) in [5.41, 5.74) is 0.676. The van der Waals surface area contributed by atoms with Crippen molar-refractivity contribution < 1.29 is 13.9 Å². The summed E-state index contributed by atoms with van der Waals surface area (Å²) in [7, 11) is 3.29. The van der Waals surface area contributed by atoms with Crippen molar-refractivity contribution in [1.82, 2.24) is 29.3 Å². The minimum absolute atomic E-state index is 0.122. The first kappa shape index (κ1) is 20.8. The molecule has 0 aliphatic heterocycles. The Hall–Kier alpha value is -4.41. The molecule has 4 rings (SSSR count). The van der Waals surface area contributed by atoms with E-state index in [4.69, 9.17) is 4.74 Å². The summed E-state index contributed by atoms with van der Waals surface area (Å²) < 4.78 is 23.1. The Balaban J connectivity index is 1.51. The molecule has 0 fully saturated rings. The number of carbonyl (C=O) groups excluding carboxylic acids is 1. The molecule has 10 nitrogen and oxygen atoms in total. The summed E-state index contributed by atoms with van der Waals surface area (Å²) >= 11 is 0. The number of carbonyl (C=O) groups is 1. The van der Waals surface area contributed by atoms with Crippen LogP contribution < -0.4 is 15.6 Å². The highest BCUT2D eigenvalue weighted by Gasteiger charge is 2.17. The molecule has 4 aromatic heterocycles. The van der Waals surface area contributed by atoms with Gasteiger partial charge in [-0.15, -0.1) is 0 Å². The van der Waals surface area contributed by atoms with Gasteiger partial charge in [-0.25, -0.2) is 14.4 Å². The van der Waals surface area contributed by atoms with Crippen LogP contribution in [0.25, 0.3) is 11.3 Å². The Kier molecular flexibility index (Phi) is 5.46. The Bertz CT molecular complexity index is 1380. The van der Waals surface area contributed by atoms with E-state index in [0.717, 1.165) is 17.8 Å². The average Bonchev–Trinajstić information content (AvgIpc) is 3.20. The smallest absolute Gasteiger partial charge is 0.266 e. The number of anilines is 1. The first-order valence-electron chi connectivity index (χ1n) is 9.44. The summed E-state index contributed by atoms with van der Waals surface area (Å²) in [5.74, 6) is -0.985. The SMILES string of the molecule is Cc1ncc(C(=O)Nc2ncc(Oc3ccnc(-c4cnn(C)c4)c3)cc2F)c(=O)n1C. The number of ether oxygens (including phenoxy) is 1. The number of nitrogens with zero attached hydrogens (tertiary/aromatic N) is 6. The van der Waals surface area contributed by atoms with Crippen molar-refractivity contribution in [1.29, 1.82) is 0 Å². The fourth-order valence-corrected chi connectivity index (χ4v) is 2.85. The van der Waals surface area contributed by atoms with E-state index >= 15 is 0 Å². The van der Waals surface area contributed by atoms with Crippen LogP contribution in [0, 0.1) is 12.7 Å². The fourth-order valence-electron chi connectivity index (χ4n) is 2.85. The van der Waals surface area contributed by atoms with Crippen LogP contribution in [0.3, 0.4) is 0 Å². The molecule has 0 saturated carbocycles. The number of aromatic nitrogens is 6. The monoisotopic (exact) mass is 435 g/mol. The molecule has 0 bridgehead atoms. The molecule has 4 heterocycles. The summed E-state index contributed by atoms with van der Waals surface area (Å²) in [4.78, 5) is 36.7. The zero-order valence-electron chi connectivity index (χ0n) is 17.4. The van der Waals surface area contributed by atoms with Crippen LogP contribution in [0.4, 0.5) is 10.2 Å². The van der Waals surface area contributed by atoms with E-state index in [2.05, 4.69) is 25.4 Å². The van der Waals surface area contributed by atoms with Gasteiger partial charge in [-0.3, -0.25) is 23.8 Å². The Labute approximate surface area is 181 Å². The fraction of sp³-hybridized carbons (Fsp3) is 0.143. The van der Waals surface area contributed by atoms with Crippen molar-refractivity contribution in [2.45, 2.75) is 6.92 Å². The van der Waals surface area contributed by atoms with Gasteiger partial charge in [0.15, 0.2) is 11.6 Å². The van der Waals surface area contributed by atoms with Gasteiger partial charge < -0.3 is 10.1 Å². The average molecular weight is 435 g/mol. The zero-order valence-corrected chi connectivity index (χ0v) is 17.4. The summed E-state index contributed by atoms with van der Waals surface area (Å²) in [6.07, 6.45) is 7.44. The lowest BCUT2D eigenvalue weighted by Gasteiger charge is -2.10. The normalized spacial score (nSPS) is 10.8.